The van der Waals surface area contributed by atoms with E-state index in [-0.39, 0.29) is 11.9 Å². The Morgan fingerprint density at radius 3 is 2.57 bits per heavy atom. The summed E-state index contributed by atoms with van der Waals surface area (Å²) in [5, 5.41) is 0. The minimum Gasteiger partial charge on any atom is -0.466 e. The topological polar surface area (TPSA) is 32.8 Å². The molecule has 0 N–H and O–H groups in total. The van der Waals surface area contributed by atoms with E-state index in [1.54, 1.807) is 0 Å². The summed E-state index contributed by atoms with van der Waals surface area (Å²) in [5.74, 6) is 0.0395. The van der Waals surface area contributed by atoms with Gasteiger partial charge in [-0.15, -0.1) is 0 Å². The molecule has 0 aromatic heterocycles. The van der Waals surface area contributed by atoms with Crippen LogP contribution in [0.15, 0.2) is 0 Å². The molecule has 0 bridgehead atoms. The predicted molar refractivity (Wildman–Crippen MR) is 83.1 cm³/mol. The Kier molecular flexibility index (Phi) is 8.85. The number of unbranched alkanes of at least 4 members (excludes halogenated alkanes) is 1. The Morgan fingerprint density at radius 2 is 2.00 bits per heavy atom. The predicted octanol–water partition coefficient (Wildman–Crippen LogP) is 2.33. The zero-order valence-electron chi connectivity index (χ0n) is 13.8. The number of esters is 1. The number of hydrogen-bond donors (Lipinski definition) is 0. The summed E-state index contributed by atoms with van der Waals surface area (Å²) in [7, 11) is 3.81. The highest BCUT2D eigenvalue weighted by Crippen LogP contribution is 2.19. The Bertz CT molecular complexity index is 292. The van der Waals surface area contributed by atoms with Gasteiger partial charge in [0.15, 0.2) is 0 Å². The molecule has 0 radical (unpaired) electrons. The van der Waals surface area contributed by atoms with Gasteiger partial charge in [-0.25, -0.2) is 4.39 Å². The van der Waals surface area contributed by atoms with Gasteiger partial charge in [0.1, 0.15) is 6.17 Å². The van der Waals surface area contributed by atoms with Crippen molar-refractivity contribution in [2.75, 3.05) is 46.9 Å². The minimum absolute atomic E-state index is 0.0406. The number of carbonyl (C=O) groups excluding carboxylic acids is 1. The highest BCUT2D eigenvalue weighted by Gasteiger charge is 2.25. The molecule has 0 aliphatic carbocycles. The number of piperidine rings is 1. The molecule has 0 amide bonds. The van der Waals surface area contributed by atoms with Crippen LogP contribution in [0.25, 0.3) is 0 Å². The second-order valence-electron chi connectivity index (χ2n) is 6.22. The average molecular weight is 302 g/mol. The summed E-state index contributed by atoms with van der Waals surface area (Å²) in [6.45, 7) is 5.77. The lowest BCUT2D eigenvalue weighted by Crippen LogP contribution is -2.37. The molecule has 1 heterocycles. The first-order chi connectivity index (χ1) is 10.0. The van der Waals surface area contributed by atoms with Crippen molar-refractivity contribution < 1.29 is 13.9 Å². The Balaban J connectivity index is 2.07. The van der Waals surface area contributed by atoms with Crippen LogP contribution < -0.4 is 0 Å². The molecule has 1 atom stereocenters. The SMILES string of the molecule is CCOC(=O)C1CCN(CCCCC(F)CN(C)C)CC1. The number of carbonyl (C=O) groups is 1. The van der Waals surface area contributed by atoms with E-state index < -0.39 is 6.17 Å². The fourth-order valence-electron chi connectivity index (χ4n) is 2.84. The van der Waals surface area contributed by atoms with Crippen LogP contribution in [-0.4, -0.2) is 68.8 Å². The summed E-state index contributed by atoms with van der Waals surface area (Å²) in [6, 6.07) is 0. The van der Waals surface area contributed by atoms with Crippen LogP contribution in [0.4, 0.5) is 4.39 Å². The van der Waals surface area contributed by atoms with E-state index in [4.69, 9.17) is 4.74 Å². The maximum absolute atomic E-state index is 13.5. The third-order valence-corrected chi connectivity index (χ3v) is 4.01. The summed E-state index contributed by atoms with van der Waals surface area (Å²) >= 11 is 0. The lowest BCUT2D eigenvalue weighted by molar-refractivity contribution is -0.149. The molecule has 5 heteroatoms. The van der Waals surface area contributed by atoms with Crippen LogP contribution in [0.1, 0.15) is 39.0 Å². The van der Waals surface area contributed by atoms with Crippen LogP contribution in [0.3, 0.4) is 0 Å². The highest BCUT2D eigenvalue weighted by atomic mass is 19.1. The summed E-state index contributed by atoms with van der Waals surface area (Å²) in [4.78, 5) is 15.9. The molecule has 4 nitrogen and oxygen atoms in total. The van der Waals surface area contributed by atoms with Crippen molar-refractivity contribution in [1.29, 1.82) is 0 Å². The van der Waals surface area contributed by atoms with E-state index in [0.717, 1.165) is 45.3 Å². The smallest absolute Gasteiger partial charge is 0.309 e. The summed E-state index contributed by atoms with van der Waals surface area (Å²) in [6.07, 6.45) is 3.70. The second-order valence-corrected chi connectivity index (χ2v) is 6.22. The van der Waals surface area contributed by atoms with Crippen molar-refractivity contribution in [3.05, 3.63) is 0 Å². The fourth-order valence-corrected chi connectivity index (χ4v) is 2.84. The Hall–Kier alpha value is -0.680. The molecule has 21 heavy (non-hydrogen) atoms. The lowest BCUT2D eigenvalue weighted by atomic mass is 9.97. The van der Waals surface area contributed by atoms with Gasteiger partial charge in [-0.1, -0.05) is 0 Å². The third-order valence-electron chi connectivity index (χ3n) is 4.01. The summed E-state index contributed by atoms with van der Waals surface area (Å²) in [5.41, 5.74) is 0. The van der Waals surface area contributed by atoms with Gasteiger partial charge in [0, 0.05) is 6.54 Å². The van der Waals surface area contributed by atoms with Gasteiger partial charge in [0.2, 0.25) is 0 Å². The van der Waals surface area contributed by atoms with Crippen molar-refractivity contribution in [1.82, 2.24) is 9.80 Å². The molecule has 124 valence electrons. The molecular formula is C16H31FN2O2. The molecule has 0 aromatic rings. The largest absolute Gasteiger partial charge is 0.466 e. The van der Waals surface area contributed by atoms with Crippen molar-refractivity contribution in [2.45, 2.75) is 45.2 Å². The van der Waals surface area contributed by atoms with Crippen LogP contribution >= 0.6 is 0 Å². The van der Waals surface area contributed by atoms with E-state index in [1.807, 2.05) is 25.9 Å². The first-order valence-corrected chi connectivity index (χ1v) is 8.20. The molecule has 0 saturated carbocycles. The second kappa shape index (κ2) is 10.1. The van der Waals surface area contributed by atoms with Crippen molar-refractivity contribution in [2.24, 2.45) is 5.92 Å². The van der Waals surface area contributed by atoms with E-state index >= 15 is 0 Å². The molecule has 1 unspecified atom stereocenters. The molecule has 1 rings (SSSR count). The van der Waals surface area contributed by atoms with Crippen LogP contribution in [0.5, 0.6) is 0 Å². The van der Waals surface area contributed by atoms with Crippen molar-refractivity contribution in [3.8, 4) is 0 Å². The number of rotatable bonds is 9. The molecular weight excluding hydrogens is 271 g/mol. The van der Waals surface area contributed by atoms with Crippen molar-refractivity contribution in [3.63, 3.8) is 0 Å². The van der Waals surface area contributed by atoms with E-state index in [2.05, 4.69) is 4.90 Å². The van der Waals surface area contributed by atoms with Gasteiger partial charge < -0.3 is 14.5 Å². The lowest BCUT2D eigenvalue weighted by Gasteiger charge is -2.30. The van der Waals surface area contributed by atoms with Crippen LogP contribution in [0, 0.1) is 5.92 Å². The summed E-state index contributed by atoms with van der Waals surface area (Å²) < 4.78 is 18.6. The highest BCUT2D eigenvalue weighted by molar-refractivity contribution is 5.72. The first kappa shape index (κ1) is 18.4. The number of alkyl halides is 1. The maximum atomic E-state index is 13.5. The molecule has 1 aliphatic rings. The van der Waals surface area contributed by atoms with Crippen molar-refractivity contribution >= 4 is 5.97 Å². The first-order valence-electron chi connectivity index (χ1n) is 8.20. The zero-order chi connectivity index (χ0) is 15.7. The quantitative estimate of drug-likeness (QED) is 0.483. The normalized spacial score (nSPS) is 18.9. The average Bonchev–Trinajstić information content (AvgIpc) is 2.44. The number of nitrogens with zero attached hydrogens (tertiary/aromatic N) is 2. The molecule has 1 fully saturated rings. The van der Waals surface area contributed by atoms with Gasteiger partial charge in [0.25, 0.3) is 0 Å². The van der Waals surface area contributed by atoms with E-state index in [9.17, 15) is 9.18 Å². The maximum Gasteiger partial charge on any atom is 0.309 e. The van der Waals surface area contributed by atoms with Gasteiger partial charge in [-0.2, -0.15) is 0 Å². The van der Waals surface area contributed by atoms with Gasteiger partial charge >= 0.3 is 5.97 Å². The number of ether oxygens (including phenoxy) is 1. The number of hydrogen-bond acceptors (Lipinski definition) is 4. The van der Waals surface area contributed by atoms with Crippen LogP contribution in [-0.2, 0) is 9.53 Å². The van der Waals surface area contributed by atoms with E-state index in [1.165, 1.54) is 0 Å². The van der Waals surface area contributed by atoms with E-state index in [0.29, 0.717) is 19.6 Å². The van der Waals surface area contributed by atoms with Gasteiger partial charge in [-0.05, 0) is 72.8 Å². The Labute approximate surface area is 128 Å². The van der Waals surface area contributed by atoms with Gasteiger partial charge in [0.05, 0.1) is 12.5 Å². The fraction of sp³-hybridized carbons (Fsp3) is 0.938. The zero-order valence-corrected chi connectivity index (χ0v) is 13.8. The Morgan fingerprint density at radius 1 is 1.33 bits per heavy atom. The standard InChI is InChI=1S/C16H31FN2O2/c1-4-21-16(20)14-8-11-19(12-9-14)10-6-5-7-15(17)13-18(2)3/h14-15H,4-13H2,1-3H3. The van der Waals surface area contributed by atoms with Crippen LogP contribution in [0.2, 0.25) is 0 Å². The molecule has 0 aromatic carbocycles. The number of likely N-dealkylation sites (tertiary alicyclic amines) is 1. The molecule has 0 spiro atoms. The molecule has 1 saturated heterocycles. The minimum atomic E-state index is -0.713. The monoisotopic (exact) mass is 302 g/mol. The van der Waals surface area contributed by atoms with Gasteiger partial charge in [-0.3, -0.25) is 4.79 Å². The third kappa shape index (κ3) is 7.77. The molecule has 1 aliphatic heterocycles. The number of halogens is 1.